The first-order chi connectivity index (χ1) is 6.80. The van der Waals surface area contributed by atoms with Crippen LogP contribution in [-0.2, 0) is 4.79 Å². The van der Waals surface area contributed by atoms with E-state index in [1.54, 1.807) is 0 Å². The van der Waals surface area contributed by atoms with Crippen molar-refractivity contribution >= 4 is 5.78 Å². The second-order valence-corrected chi connectivity index (χ2v) is 5.90. The van der Waals surface area contributed by atoms with Crippen molar-refractivity contribution in [1.29, 1.82) is 0 Å². The Bertz CT molecular complexity index is 412. The van der Waals surface area contributed by atoms with E-state index in [-0.39, 0.29) is 0 Å². The van der Waals surface area contributed by atoms with Crippen LogP contribution in [0.25, 0.3) is 0 Å². The van der Waals surface area contributed by atoms with Gasteiger partial charge in [0.15, 0.2) is 0 Å². The molecule has 5 saturated carbocycles. The Balaban J connectivity index is 1.82. The Morgan fingerprint density at radius 1 is 1.07 bits per heavy atom. The Morgan fingerprint density at radius 3 is 2.21 bits per heavy atom. The number of carbonyl (C=O) groups is 1. The van der Waals surface area contributed by atoms with Crippen LogP contribution in [0.2, 0.25) is 0 Å². The Hall–Kier alpha value is -0.850. The quantitative estimate of drug-likeness (QED) is 0.562. The molecule has 5 fully saturated rings. The van der Waals surface area contributed by atoms with Crippen molar-refractivity contribution < 1.29 is 4.79 Å². The molecule has 2 spiro atoms. The maximum atomic E-state index is 12.1. The van der Waals surface area contributed by atoms with Gasteiger partial charge in [0.1, 0.15) is 5.78 Å². The van der Waals surface area contributed by atoms with Gasteiger partial charge in [-0.25, -0.2) is 0 Å². The van der Waals surface area contributed by atoms with Crippen LogP contribution in [0.1, 0.15) is 12.8 Å². The minimum absolute atomic E-state index is 0.312. The molecule has 1 nitrogen and oxygen atoms in total. The van der Waals surface area contributed by atoms with Gasteiger partial charge in [0.25, 0.3) is 0 Å². The molecule has 70 valence electrons. The molecule has 1 heteroatoms. The lowest BCUT2D eigenvalue weighted by atomic mass is 9.77. The highest BCUT2D eigenvalue weighted by atomic mass is 16.1. The number of ketones is 1. The number of carbonyl (C=O) groups excluding carboxylic acids is 1. The second kappa shape index (κ2) is 1.46. The first kappa shape index (κ1) is 6.60. The van der Waals surface area contributed by atoms with Crippen LogP contribution >= 0.6 is 0 Å². The number of hydrogen-bond donors (Lipinski definition) is 0. The van der Waals surface area contributed by atoms with E-state index in [2.05, 4.69) is 24.3 Å². The topological polar surface area (TPSA) is 17.1 Å². The maximum absolute atomic E-state index is 12.1. The van der Waals surface area contributed by atoms with Gasteiger partial charge >= 0.3 is 0 Å². The van der Waals surface area contributed by atoms with Gasteiger partial charge in [-0.15, -0.1) is 0 Å². The summed E-state index contributed by atoms with van der Waals surface area (Å²) in [6.07, 6.45) is 11.7. The van der Waals surface area contributed by atoms with Crippen LogP contribution in [0.4, 0.5) is 0 Å². The lowest BCUT2D eigenvalue weighted by Gasteiger charge is -2.26. The van der Waals surface area contributed by atoms with Crippen LogP contribution in [0.3, 0.4) is 0 Å². The molecule has 4 atom stereocenters. The summed E-state index contributed by atoms with van der Waals surface area (Å²) >= 11 is 0. The molecule has 0 aromatic heterocycles. The van der Waals surface area contributed by atoms with Gasteiger partial charge in [0, 0.05) is 22.7 Å². The predicted molar refractivity (Wildman–Crippen MR) is 51.3 cm³/mol. The third-order valence-electron chi connectivity index (χ3n) is 5.80. The zero-order chi connectivity index (χ0) is 9.13. The van der Waals surface area contributed by atoms with Crippen molar-refractivity contribution in [1.82, 2.24) is 0 Å². The highest BCUT2D eigenvalue weighted by molar-refractivity contribution is 5.96. The molecule has 14 heavy (non-hydrogen) atoms. The standard InChI is InChI=1S/C13H12O/c14-10-9-7-5-12-3-1-2-4-13(12,11(10)12)6-8(7)9/h1-4,7-9,11H,5-6H2. The average molecular weight is 184 g/mol. The van der Waals surface area contributed by atoms with Gasteiger partial charge < -0.3 is 0 Å². The van der Waals surface area contributed by atoms with E-state index in [4.69, 9.17) is 0 Å². The highest BCUT2D eigenvalue weighted by Crippen LogP contribution is 2.89. The Kier molecular flexibility index (Phi) is 0.689. The van der Waals surface area contributed by atoms with Crippen molar-refractivity contribution in [3.63, 3.8) is 0 Å². The highest BCUT2D eigenvalue weighted by Gasteiger charge is 2.88. The molecule has 6 aliphatic rings. The molecule has 6 bridgehead atoms. The lowest BCUT2D eigenvalue weighted by Crippen LogP contribution is -2.18. The Labute approximate surface area is 82.9 Å². The summed E-state index contributed by atoms with van der Waals surface area (Å²) in [5, 5.41) is 0. The first-order valence-electron chi connectivity index (χ1n) is 5.71. The summed E-state index contributed by atoms with van der Waals surface area (Å²) < 4.78 is 0. The van der Waals surface area contributed by atoms with Crippen LogP contribution in [0, 0.1) is 34.5 Å². The molecule has 6 aliphatic carbocycles. The molecule has 4 unspecified atom stereocenters. The molecule has 0 heterocycles. The first-order valence-corrected chi connectivity index (χ1v) is 5.71. The van der Waals surface area contributed by atoms with Crippen LogP contribution < -0.4 is 0 Å². The fourth-order valence-electron chi connectivity index (χ4n) is 5.26. The fourth-order valence-corrected chi connectivity index (χ4v) is 5.26. The molecule has 0 aromatic carbocycles. The smallest absolute Gasteiger partial charge is 0.141 e. The molecule has 0 aliphatic heterocycles. The lowest BCUT2D eigenvalue weighted by molar-refractivity contribution is -0.124. The summed E-state index contributed by atoms with van der Waals surface area (Å²) in [4.78, 5) is 12.1. The molecule has 0 radical (unpaired) electrons. The average Bonchev–Trinajstić information content (AvgIpc) is 3.01. The van der Waals surface area contributed by atoms with E-state index < -0.39 is 0 Å². The molecule has 6 rings (SSSR count). The number of allylic oxidation sites excluding steroid dienone is 4. The third-order valence-corrected chi connectivity index (χ3v) is 5.80. The SMILES string of the molecule is O=C1C2C3CC45C=CC=CC4(CC32)C15. The van der Waals surface area contributed by atoms with E-state index in [0.29, 0.717) is 28.4 Å². The summed E-state index contributed by atoms with van der Waals surface area (Å²) in [7, 11) is 0. The van der Waals surface area contributed by atoms with Crippen LogP contribution in [0.5, 0.6) is 0 Å². The monoisotopic (exact) mass is 184 g/mol. The molecule has 0 amide bonds. The van der Waals surface area contributed by atoms with Gasteiger partial charge in [0.05, 0.1) is 0 Å². The predicted octanol–water partition coefficient (Wildman–Crippen LogP) is 1.95. The van der Waals surface area contributed by atoms with Gasteiger partial charge in [-0.05, 0) is 24.7 Å². The number of rotatable bonds is 0. The van der Waals surface area contributed by atoms with Crippen molar-refractivity contribution in [2.24, 2.45) is 34.5 Å². The zero-order valence-corrected chi connectivity index (χ0v) is 7.94. The van der Waals surface area contributed by atoms with Crippen molar-refractivity contribution in [2.45, 2.75) is 12.8 Å². The van der Waals surface area contributed by atoms with Crippen LogP contribution in [-0.4, -0.2) is 5.78 Å². The summed E-state index contributed by atoms with van der Waals surface area (Å²) in [6, 6.07) is 0. The summed E-state index contributed by atoms with van der Waals surface area (Å²) in [5.74, 6) is 3.08. The molecule has 0 N–H and O–H groups in total. The molecule has 0 saturated heterocycles. The number of hydrogen-bond acceptors (Lipinski definition) is 1. The minimum atomic E-state index is 0.312. The van der Waals surface area contributed by atoms with E-state index in [1.807, 2.05) is 0 Å². The van der Waals surface area contributed by atoms with Gasteiger partial charge in [-0.1, -0.05) is 24.3 Å². The normalized spacial score (nSPS) is 69.0. The van der Waals surface area contributed by atoms with Crippen molar-refractivity contribution in [2.75, 3.05) is 0 Å². The molecular weight excluding hydrogens is 172 g/mol. The van der Waals surface area contributed by atoms with Gasteiger partial charge in [0.2, 0.25) is 0 Å². The van der Waals surface area contributed by atoms with Crippen molar-refractivity contribution in [3.05, 3.63) is 24.3 Å². The van der Waals surface area contributed by atoms with Gasteiger partial charge in [-0.2, -0.15) is 0 Å². The van der Waals surface area contributed by atoms with Crippen LogP contribution in [0.15, 0.2) is 24.3 Å². The van der Waals surface area contributed by atoms with Crippen molar-refractivity contribution in [3.8, 4) is 0 Å². The fraction of sp³-hybridized carbons (Fsp3) is 0.615. The molecular formula is C13H12O. The molecule has 0 aromatic rings. The summed E-state index contributed by atoms with van der Waals surface area (Å²) in [5.41, 5.74) is 0.625. The summed E-state index contributed by atoms with van der Waals surface area (Å²) in [6.45, 7) is 0. The maximum Gasteiger partial charge on any atom is 0.141 e. The minimum Gasteiger partial charge on any atom is -0.299 e. The second-order valence-electron chi connectivity index (χ2n) is 5.90. The van der Waals surface area contributed by atoms with E-state index in [9.17, 15) is 4.79 Å². The largest absolute Gasteiger partial charge is 0.299 e. The van der Waals surface area contributed by atoms with E-state index >= 15 is 0 Å². The Morgan fingerprint density at radius 2 is 1.64 bits per heavy atom. The van der Waals surface area contributed by atoms with E-state index in [1.165, 1.54) is 12.8 Å². The number of Topliss-reactive ketones (excluding diaryl/α,β-unsaturated/α-hetero) is 1. The van der Waals surface area contributed by atoms with Gasteiger partial charge in [-0.3, -0.25) is 4.79 Å². The zero-order valence-electron chi connectivity index (χ0n) is 7.94. The third kappa shape index (κ3) is 0.378. The van der Waals surface area contributed by atoms with E-state index in [0.717, 1.165) is 11.8 Å².